The Labute approximate surface area is 280 Å². The second kappa shape index (κ2) is 11.2. The number of morpholine rings is 1. The van der Waals surface area contributed by atoms with Crippen LogP contribution in [0.1, 0.15) is 31.2 Å². The van der Waals surface area contributed by atoms with Gasteiger partial charge in [0.1, 0.15) is 5.75 Å². The predicted molar refractivity (Wildman–Crippen MR) is 179 cm³/mol. The number of phenolic OH excluding ortho intramolecular Hbond substituents is 1. The molecule has 1 N–H and O–H groups in total. The van der Waals surface area contributed by atoms with Gasteiger partial charge in [-0.15, -0.1) is 0 Å². The van der Waals surface area contributed by atoms with E-state index in [2.05, 4.69) is 20.8 Å². The van der Waals surface area contributed by atoms with Crippen molar-refractivity contribution in [3.63, 3.8) is 0 Å². The maximum absolute atomic E-state index is 14.5. The molecule has 0 bridgehead atoms. The number of nitrogens with zero attached hydrogens (tertiary/aromatic N) is 3. The van der Waals surface area contributed by atoms with Crippen LogP contribution in [0.5, 0.6) is 5.75 Å². The van der Waals surface area contributed by atoms with Crippen LogP contribution in [0.15, 0.2) is 88.9 Å². The third-order valence-corrected chi connectivity index (χ3v) is 11.6. The van der Waals surface area contributed by atoms with Crippen LogP contribution in [0.3, 0.4) is 0 Å². The van der Waals surface area contributed by atoms with Crippen molar-refractivity contribution in [3.05, 3.63) is 94.5 Å². The van der Waals surface area contributed by atoms with Gasteiger partial charge in [-0.05, 0) is 80.3 Å². The van der Waals surface area contributed by atoms with E-state index >= 15 is 0 Å². The number of amides is 4. The number of halogens is 1. The first kappa shape index (κ1) is 30.1. The number of allylic oxidation sites excluding steroid dienone is 2. The zero-order valence-corrected chi connectivity index (χ0v) is 27.4. The fourth-order valence-electron chi connectivity index (χ4n) is 8.83. The van der Waals surface area contributed by atoms with E-state index in [1.807, 2.05) is 43.3 Å². The first-order valence-corrected chi connectivity index (χ1v) is 16.9. The van der Waals surface area contributed by atoms with Crippen LogP contribution in [-0.2, 0) is 23.9 Å². The highest BCUT2D eigenvalue weighted by atomic mass is 79.9. The van der Waals surface area contributed by atoms with Crippen LogP contribution >= 0.6 is 15.9 Å². The quantitative estimate of drug-likeness (QED) is 0.287. The molecule has 8 rings (SSSR count). The fraction of sp³-hybridized carbons (Fsp3) is 0.351. The highest BCUT2D eigenvalue weighted by molar-refractivity contribution is 9.10. The number of ether oxygens (including phenoxy) is 1. The molecular formula is C37H34BrN3O6. The number of carbonyl (C=O) groups excluding carboxylic acids is 4. The van der Waals surface area contributed by atoms with Crippen molar-refractivity contribution in [1.82, 2.24) is 0 Å². The van der Waals surface area contributed by atoms with Crippen LogP contribution in [0.25, 0.3) is 0 Å². The Balaban J connectivity index is 1.20. The molecule has 47 heavy (non-hydrogen) atoms. The van der Waals surface area contributed by atoms with Crippen molar-refractivity contribution in [2.75, 3.05) is 41.0 Å². The lowest BCUT2D eigenvalue weighted by Gasteiger charge is -2.49. The van der Waals surface area contributed by atoms with E-state index in [1.54, 1.807) is 42.5 Å². The molecule has 0 unspecified atom stereocenters. The lowest BCUT2D eigenvalue weighted by molar-refractivity contribution is -0.131. The van der Waals surface area contributed by atoms with Gasteiger partial charge in [0.05, 0.1) is 47.8 Å². The minimum absolute atomic E-state index is 0.0102. The summed E-state index contributed by atoms with van der Waals surface area (Å²) in [5, 5.41) is 11.2. The van der Waals surface area contributed by atoms with E-state index < -0.39 is 35.0 Å². The highest BCUT2D eigenvalue weighted by Gasteiger charge is 2.68. The maximum Gasteiger partial charge on any atom is 0.241 e. The number of benzene rings is 3. The number of para-hydroxylation sites is 1. The van der Waals surface area contributed by atoms with E-state index in [1.165, 1.54) is 9.80 Å². The third kappa shape index (κ3) is 4.44. The number of imide groups is 2. The van der Waals surface area contributed by atoms with E-state index in [-0.39, 0.29) is 35.8 Å². The molecule has 10 heteroatoms. The Morgan fingerprint density at radius 3 is 2.21 bits per heavy atom. The normalized spacial score (nSPS) is 30.3. The first-order valence-electron chi connectivity index (χ1n) is 16.1. The van der Waals surface area contributed by atoms with Crippen molar-refractivity contribution in [3.8, 4) is 5.75 Å². The molecule has 0 spiro atoms. The number of rotatable bonds is 4. The number of fused-ring (bicyclic) bond motifs is 4. The van der Waals surface area contributed by atoms with E-state index in [9.17, 15) is 24.3 Å². The summed E-state index contributed by atoms with van der Waals surface area (Å²) in [6.45, 7) is 4.68. The van der Waals surface area contributed by atoms with Gasteiger partial charge in [-0.25, -0.2) is 4.90 Å². The number of phenols is 1. The van der Waals surface area contributed by atoms with Gasteiger partial charge < -0.3 is 14.7 Å². The Morgan fingerprint density at radius 1 is 0.809 bits per heavy atom. The zero-order chi connectivity index (χ0) is 32.6. The molecule has 9 nitrogen and oxygen atoms in total. The summed E-state index contributed by atoms with van der Waals surface area (Å²) in [7, 11) is 0. The molecule has 5 aliphatic rings. The molecule has 3 heterocycles. The smallest absolute Gasteiger partial charge is 0.241 e. The number of hydrogen-bond donors (Lipinski definition) is 1. The predicted octanol–water partition coefficient (Wildman–Crippen LogP) is 5.43. The van der Waals surface area contributed by atoms with Crippen LogP contribution in [-0.4, -0.2) is 55.0 Å². The third-order valence-electron chi connectivity index (χ3n) is 11.1. The fourth-order valence-corrected chi connectivity index (χ4v) is 9.21. The van der Waals surface area contributed by atoms with E-state index in [0.717, 1.165) is 28.8 Å². The molecule has 3 aromatic rings. The topological polar surface area (TPSA) is 107 Å². The van der Waals surface area contributed by atoms with Gasteiger partial charge in [0.25, 0.3) is 0 Å². The Hall–Kier alpha value is -4.28. The lowest BCUT2D eigenvalue weighted by atomic mass is 9.51. The zero-order valence-electron chi connectivity index (χ0n) is 25.8. The second-order valence-corrected chi connectivity index (χ2v) is 14.2. The molecule has 3 aliphatic heterocycles. The average molecular weight is 697 g/mol. The number of anilines is 3. The minimum Gasteiger partial charge on any atom is -0.508 e. The Kier molecular flexibility index (Phi) is 7.14. The Bertz CT molecular complexity index is 1840. The van der Waals surface area contributed by atoms with Gasteiger partial charge in [-0.2, -0.15) is 0 Å². The summed E-state index contributed by atoms with van der Waals surface area (Å²) < 4.78 is 6.19. The van der Waals surface area contributed by atoms with E-state index in [0.29, 0.717) is 36.6 Å². The highest BCUT2D eigenvalue weighted by Crippen LogP contribution is 2.64. The number of aromatic hydroxyl groups is 1. The summed E-state index contributed by atoms with van der Waals surface area (Å²) >= 11 is 3.54. The van der Waals surface area contributed by atoms with Crippen LogP contribution < -0.4 is 14.7 Å². The average Bonchev–Trinajstić information content (AvgIpc) is 3.46. The second-order valence-electron chi connectivity index (χ2n) is 13.3. The standard InChI is InChI=1S/C37H34BrN3O6/c1-37-29(34(44)41(36(37)46)23-5-3-2-4-6-23)20-27-25(32(37)28-19-21(38)7-14-30(28)42)12-13-26-31(27)35(45)40(33(26)43)24-10-8-22(9-11-24)39-15-17-47-18-16-39/h2-12,14,19,26-27,29,31-32,42H,13,15-18,20H2,1H3/t26-,27+,29-,31-,32+,37+/m0/s1. The van der Waals surface area contributed by atoms with Crippen LogP contribution in [0.2, 0.25) is 0 Å². The molecule has 240 valence electrons. The molecule has 4 fully saturated rings. The lowest BCUT2D eigenvalue weighted by Crippen LogP contribution is -2.48. The SMILES string of the molecule is C[C@@]12C(=O)N(c3ccccc3)C(=O)[C@@H]1C[C@@H]1C(=CC[C@@H]3C(=O)N(c4ccc(N5CCOCC5)cc4)C(=O)[C@@H]31)[C@@H]2c1cc(Br)ccc1O. The van der Waals surface area contributed by atoms with Crippen molar-refractivity contribution in [2.24, 2.45) is 29.1 Å². The molecule has 2 aliphatic carbocycles. The van der Waals surface area contributed by atoms with Crippen LogP contribution in [0.4, 0.5) is 17.1 Å². The van der Waals surface area contributed by atoms with Gasteiger partial charge in [-0.3, -0.25) is 24.1 Å². The van der Waals surface area contributed by atoms with Gasteiger partial charge in [-0.1, -0.05) is 45.8 Å². The van der Waals surface area contributed by atoms with Crippen LogP contribution in [0, 0.1) is 29.1 Å². The van der Waals surface area contributed by atoms with Crippen molar-refractivity contribution < 1.29 is 29.0 Å². The van der Waals surface area contributed by atoms with Gasteiger partial charge in [0, 0.05) is 34.7 Å². The summed E-state index contributed by atoms with van der Waals surface area (Å²) in [5.74, 6) is -4.34. The molecule has 0 radical (unpaired) electrons. The van der Waals surface area contributed by atoms with Gasteiger partial charge in [0.15, 0.2) is 0 Å². The molecule has 4 amide bonds. The molecule has 1 saturated carbocycles. The molecule has 0 aromatic heterocycles. The van der Waals surface area contributed by atoms with Crippen molar-refractivity contribution >= 4 is 56.6 Å². The van der Waals surface area contributed by atoms with Gasteiger partial charge >= 0.3 is 0 Å². The number of carbonyl (C=O) groups is 4. The van der Waals surface area contributed by atoms with Gasteiger partial charge in [0.2, 0.25) is 23.6 Å². The first-order chi connectivity index (χ1) is 22.7. The monoisotopic (exact) mass is 695 g/mol. The minimum atomic E-state index is -1.22. The molecular weight excluding hydrogens is 662 g/mol. The summed E-state index contributed by atoms with van der Waals surface area (Å²) in [6.07, 6.45) is 2.59. The maximum atomic E-state index is 14.5. The number of hydrogen-bond acceptors (Lipinski definition) is 7. The molecule has 3 saturated heterocycles. The van der Waals surface area contributed by atoms with Crippen molar-refractivity contribution in [1.29, 1.82) is 0 Å². The molecule has 6 atom stereocenters. The summed E-state index contributed by atoms with van der Waals surface area (Å²) in [6, 6.07) is 21.5. The summed E-state index contributed by atoms with van der Waals surface area (Å²) in [4.78, 5) is 61.9. The Morgan fingerprint density at radius 2 is 1.49 bits per heavy atom. The van der Waals surface area contributed by atoms with E-state index in [4.69, 9.17) is 4.74 Å². The largest absolute Gasteiger partial charge is 0.508 e. The molecule has 3 aromatic carbocycles. The van der Waals surface area contributed by atoms with Crippen molar-refractivity contribution in [2.45, 2.75) is 25.7 Å². The summed E-state index contributed by atoms with van der Waals surface area (Å²) in [5.41, 5.74) is 2.15.